The molecule has 0 amide bonds. The van der Waals surface area contributed by atoms with Gasteiger partial charge in [0.2, 0.25) is 0 Å². The van der Waals surface area contributed by atoms with Crippen LogP contribution in [0.15, 0.2) is 42.6 Å². The monoisotopic (exact) mass is 334 g/mol. The lowest BCUT2D eigenvalue weighted by Gasteiger charge is -2.06. The molecule has 0 aliphatic heterocycles. The Balaban J connectivity index is 2.29. The van der Waals surface area contributed by atoms with Gasteiger partial charge >= 0.3 is 0 Å². The zero-order chi connectivity index (χ0) is 18.1. The van der Waals surface area contributed by atoms with Gasteiger partial charge in [-0.05, 0) is 30.7 Å². The Kier molecular flexibility index (Phi) is 3.92. The summed E-state index contributed by atoms with van der Waals surface area (Å²) in [5.74, 6) is -0.642. The minimum absolute atomic E-state index is 0.0616. The van der Waals surface area contributed by atoms with Crippen LogP contribution < -0.4 is 0 Å². The quantitative estimate of drug-likeness (QED) is 0.526. The molecule has 0 aliphatic carbocycles. The minimum atomic E-state index is -0.642. The molecule has 1 heterocycles. The molecule has 7 heteroatoms. The first-order valence-electron chi connectivity index (χ1n) is 7.35. The predicted molar refractivity (Wildman–Crippen MR) is 89.0 cm³/mol. The number of benzene rings is 2. The fraction of sp³-hybridized carbons (Fsp3) is 0.111. The number of hydrogen-bond donors (Lipinski definition) is 0. The maximum absolute atomic E-state index is 14.0. The summed E-state index contributed by atoms with van der Waals surface area (Å²) in [5.41, 5.74) is 1.53. The molecule has 0 aliphatic rings. The van der Waals surface area contributed by atoms with Gasteiger partial charge in [-0.25, -0.2) is 4.39 Å². The first-order chi connectivity index (χ1) is 12.0. The van der Waals surface area contributed by atoms with Crippen molar-refractivity contribution in [3.05, 3.63) is 64.1 Å². The summed E-state index contributed by atoms with van der Waals surface area (Å²) < 4.78 is 15.6. The van der Waals surface area contributed by atoms with Gasteiger partial charge in [-0.2, -0.15) is 10.5 Å². The summed E-state index contributed by atoms with van der Waals surface area (Å²) in [5, 5.41) is 29.8. The molecule has 0 N–H and O–H groups in total. The second-order valence-electron chi connectivity index (χ2n) is 5.52. The van der Waals surface area contributed by atoms with Crippen molar-refractivity contribution in [1.29, 1.82) is 10.5 Å². The highest BCUT2D eigenvalue weighted by molar-refractivity contribution is 5.97. The van der Waals surface area contributed by atoms with E-state index in [1.54, 1.807) is 35.9 Å². The molecule has 1 atom stereocenters. The number of aromatic nitrogens is 1. The van der Waals surface area contributed by atoms with Crippen LogP contribution in [0.25, 0.3) is 22.0 Å². The molecule has 1 unspecified atom stereocenters. The number of halogens is 1. The molecule has 1 aromatic heterocycles. The normalized spacial score (nSPS) is 11.7. The summed E-state index contributed by atoms with van der Waals surface area (Å²) >= 11 is 0. The number of nitriles is 2. The molecule has 25 heavy (non-hydrogen) atoms. The molecular formula is C18H11FN4O2. The number of nitrogens with zero attached hydrogens (tertiary/aromatic N) is 4. The molecule has 0 saturated carbocycles. The van der Waals surface area contributed by atoms with Gasteiger partial charge in [0.05, 0.1) is 22.1 Å². The Bertz CT molecular complexity index is 1090. The molecule has 0 saturated heterocycles. The molecule has 122 valence electrons. The maximum atomic E-state index is 14.0. The van der Waals surface area contributed by atoms with Crippen LogP contribution in [-0.2, 0) is 0 Å². The third-order valence-electron chi connectivity index (χ3n) is 4.03. The Morgan fingerprint density at radius 2 is 2.00 bits per heavy atom. The SMILES string of the molecule is CC(C#N)n1cc(-c2ccc(C#N)c(F)c2)c2ccc([N+](=O)[O-])cc21. The molecular weight excluding hydrogens is 323 g/mol. The molecule has 0 radical (unpaired) electrons. The van der Waals surface area contributed by atoms with E-state index in [0.29, 0.717) is 22.0 Å². The molecule has 0 spiro atoms. The zero-order valence-corrected chi connectivity index (χ0v) is 13.1. The van der Waals surface area contributed by atoms with E-state index in [4.69, 9.17) is 5.26 Å². The number of fused-ring (bicyclic) bond motifs is 1. The van der Waals surface area contributed by atoms with Crippen LogP contribution in [0.1, 0.15) is 18.5 Å². The summed E-state index contributed by atoms with van der Waals surface area (Å²) in [4.78, 5) is 10.5. The Labute approximate surface area is 142 Å². The van der Waals surface area contributed by atoms with Crippen molar-refractivity contribution in [3.8, 4) is 23.3 Å². The number of nitro benzene ring substituents is 1. The van der Waals surface area contributed by atoms with Gasteiger partial charge < -0.3 is 4.57 Å². The van der Waals surface area contributed by atoms with Crippen LogP contribution in [0.4, 0.5) is 10.1 Å². The van der Waals surface area contributed by atoms with Gasteiger partial charge in [0.15, 0.2) is 0 Å². The highest BCUT2D eigenvalue weighted by Crippen LogP contribution is 2.35. The van der Waals surface area contributed by atoms with Gasteiger partial charge in [-0.3, -0.25) is 10.1 Å². The Hall–Kier alpha value is -3.71. The van der Waals surface area contributed by atoms with Gasteiger partial charge in [-0.1, -0.05) is 6.07 Å². The highest BCUT2D eigenvalue weighted by Gasteiger charge is 2.18. The van der Waals surface area contributed by atoms with Crippen molar-refractivity contribution in [1.82, 2.24) is 4.57 Å². The Morgan fingerprint density at radius 3 is 2.60 bits per heavy atom. The summed E-state index contributed by atoms with van der Waals surface area (Å²) in [6.07, 6.45) is 1.67. The van der Waals surface area contributed by atoms with E-state index in [2.05, 4.69) is 6.07 Å². The maximum Gasteiger partial charge on any atom is 0.271 e. The van der Waals surface area contributed by atoms with E-state index in [1.165, 1.54) is 24.3 Å². The zero-order valence-electron chi connectivity index (χ0n) is 13.1. The summed E-state index contributed by atoms with van der Waals surface area (Å²) in [6, 6.07) is 11.9. The van der Waals surface area contributed by atoms with Crippen molar-refractivity contribution >= 4 is 16.6 Å². The van der Waals surface area contributed by atoms with Crippen molar-refractivity contribution in [2.24, 2.45) is 0 Å². The summed E-state index contributed by atoms with van der Waals surface area (Å²) in [6.45, 7) is 1.67. The largest absolute Gasteiger partial charge is 0.330 e. The van der Waals surface area contributed by atoms with Crippen LogP contribution in [0.5, 0.6) is 0 Å². The standard InChI is InChI=1S/C18H11FN4O2/c1-11(8-20)22-10-16(12-2-3-13(9-21)17(19)6-12)15-5-4-14(23(24)25)7-18(15)22/h2-7,10-11H,1H3. The van der Waals surface area contributed by atoms with Gasteiger partial charge in [-0.15, -0.1) is 0 Å². The van der Waals surface area contributed by atoms with Gasteiger partial charge in [0.25, 0.3) is 5.69 Å². The second-order valence-corrected chi connectivity index (χ2v) is 5.52. The van der Waals surface area contributed by atoms with Crippen molar-refractivity contribution < 1.29 is 9.31 Å². The van der Waals surface area contributed by atoms with E-state index >= 15 is 0 Å². The van der Waals surface area contributed by atoms with Crippen molar-refractivity contribution in [3.63, 3.8) is 0 Å². The topological polar surface area (TPSA) is 95.7 Å². The fourth-order valence-corrected chi connectivity index (χ4v) is 2.74. The molecule has 3 rings (SSSR count). The van der Waals surface area contributed by atoms with E-state index in [0.717, 1.165) is 0 Å². The number of nitro groups is 1. The molecule has 2 aromatic carbocycles. The van der Waals surface area contributed by atoms with Crippen molar-refractivity contribution in [2.75, 3.05) is 0 Å². The lowest BCUT2D eigenvalue weighted by molar-refractivity contribution is -0.384. The highest BCUT2D eigenvalue weighted by atomic mass is 19.1. The van der Waals surface area contributed by atoms with E-state index in [9.17, 15) is 19.8 Å². The van der Waals surface area contributed by atoms with Crippen LogP contribution in [0.3, 0.4) is 0 Å². The van der Waals surface area contributed by atoms with Crippen LogP contribution in [-0.4, -0.2) is 9.49 Å². The lowest BCUT2D eigenvalue weighted by Crippen LogP contribution is -2.00. The predicted octanol–water partition coefficient (Wildman–Crippen LogP) is 4.31. The molecule has 0 fully saturated rings. The second kappa shape index (κ2) is 6.06. The van der Waals surface area contributed by atoms with Crippen LogP contribution >= 0.6 is 0 Å². The van der Waals surface area contributed by atoms with Gasteiger partial charge in [0, 0.05) is 29.3 Å². The third-order valence-corrected chi connectivity index (χ3v) is 4.03. The Morgan fingerprint density at radius 1 is 1.24 bits per heavy atom. The van der Waals surface area contributed by atoms with E-state index in [-0.39, 0.29) is 11.3 Å². The first-order valence-corrected chi connectivity index (χ1v) is 7.35. The smallest absolute Gasteiger partial charge is 0.271 e. The van der Waals surface area contributed by atoms with Gasteiger partial charge in [0.1, 0.15) is 17.9 Å². The number of hydrogen-bond acceptors (Lipinski definition) is 4. The fourth-order valence-electron chi connectivity index (χ4n) is 2.74. The number of non-ortho nitro benzene ring substituents is 1. The van der Waals surface area contributed by atoms with Crippen LogP contribution in [0.2, 0.25) is 0 Å². The average Bonchev–Trinajstić information content (AvgIpc) is 2.99. The molecule has 3 aromatic rings. The minimum Gasteiger partial charge on any atom is -0.330 e. The number of rotatable bonds is 3. The van der Waals surface area contributed by atoms with Crippen LogP contribution in [0, 0.1) is 38.6 Å². The molecule has 0 bridgehead atoms. The first kappa shape index (κ1) is 16.2. The lowest BCUT2D eigenvalue weighted by atomic mass is 10.0. The summed E-state index contributed by atoms with van der Waals surface area (Å²) in [7, 11) is 0. The molecule has 6 nitrogen and oxygen atoms in total. The van der Waals surface area contributed by atoms with E-state index in [1.807, 2.05) is 0 Å². The van der Waals surface area contributed by atoms with E-state index < -0.39 is 16.8 Å². The third kappa shape index (κ3) is 2.68. The average molecular weight is 334 g/mol. The van der Waals surface area contributed by atoms with Crippen molar-refractivity contribution in [2.45, 2.75) is 13.0 Å².